The summed E-state index contributed by atoms with van der Waals surface area (Å²) < 4.78 is 1.76. The lowest BCUT2D eigenvalue weighted by atomic mass is 9.94. The van der Waals surface area contributed by atoms with Crippen molar-refractivity contribution in [3.8, 4) is 0 Å². The number of ketones is 1. The van der Waals surface area contributed by atoms with Crippen molar-refractivity contribution in [1.29, 1.82) is 0 Å². The van der Waals surface area contributed by atoms with Gasteiger partial charge in [0.25, 0.3) is 5.56 Å². The molecule has 0 unspecified atom stereocenters. The first-order valence-corrected chi connectivity index (χ1v) is 12.9. The van der Waals surface area contributed by atoms with Crippen LogP contribution in [-0.2, 0) is 11.3 Å². The van der Waals surface area contributed by atoms with Gasteiger partial charge in [0, 0.05) is 42.7 Å². The highest BCUT2D eigenvalue weighted by Gasteiger charge is 2.30. The predicted molar refractivity (Wildman–Crippen MR) is 133 cm³/mol. The van der Waals surface area contributed by atoms with E-state index in [-0.39, 0.29) is 23.8 Å². The van der Waals surface area contributed by atoms with Crippen molar-refractivity contribution in [1.82, 2.24) is 19.4 Å². The molecule has 2 aliphatic rings. The summed E-state index contributed by atoms with van der Waals surface area (Å²) in [6, 6.07) is 6.59. The molecule has 0 radical (unpaired) electrons. The Morgan fingerprint density at radius 1 is 1.03 bits per heavy atom. The molecule has 10 heteroatoms. The Morgan fingerprint density at radius 2 is 1.74 bits per heavy atom. The van der Waals surface area contributed by atoms with Crippen LogP contribution in [0.1, 0.15) is 42.5 Å². The molecule has 0 bridgehead atoms. The number of carbonyl (C=O) groups is 2. The van der Waals surface area contributed by atoms with E-state index in [0.717, 1.165) is 57.0 Å². The number of hydrogen-bond donors (Lipinski definition) is 0. The van der Waals surface area contributed by atoms with Gasteiger partial charge >= 0.3 is 0 Å². The van der Waals surface area contributed by atoms with Crippen molar-refractivity contribution in [3.63, 3.8) is 0 Å². The predicted octanol–water partition coefficient (Wildman–Crippen LogP) is 3.62. The molecule has 2 saturated heterocycles. The number of hydrogen-bond acceptors (Lipinski definition) is 7. The van der Waals surface area contributed by atoms with Gasteiger partial charge in [-0.3, -0.25) is 19.0 Å². The summed E-state index contributed by atoms with van der Waals surface area (Å²) >= 11 is 7.19. The van der Waals surface area contributed by atoms with Crippen LogP contribution in [0, 0.1) is 5.92 Å². The van der Waals surface area contributed by atoms with Gasteiger partial charge in [0.2, 0.25) is 5.91 Å². The maximum atomic E-state index is 13.0. The Balaban J connectivity index is 1.27. The number of rotatable bonds is 5. The second-order valence-electron chi connectivity index (χ2n) is 8.90. The number of amides is 1. The second kappa shape index (κ2) is 9.84. The maximum absolute atomic E-state index is 13.0. The molecule has 2 fully saturated rings. The van der Waals surface area contributed by atoms with Crippen LogP contribution in [0.4, 0.5) is 5.13 Å². The molecule has 2 aliphatic heterocycles. The van der Waals surface area contributed by atoms with Gasteiger partial charge in [-0.15, -0.1) is 0 Å². The number of benzene rings is 1. The van der Waals surface area contributed by atoms with Gasteiger partial charge in [-0.1, -0.05) is 22.9 Å². The van der Waals surface area contributed by atoms with Crippen LogP contribution in [0.5, 0.6) is 0 Å². The van der Waals surface area contributed by atoms with Crippen LogP contribution in [0.15, 0.2) is 35.4 Å². The molecule has 1 amide bonds. The minimum atomic E-state index is -0.272. The molecule has 0 saturated carbocycles. The summed E-state index contributed by atoms with van der Waals surface area (Å²) in [5.74, 6) is 0.168. The number of halogens is 1. The van der Waals surface area contributed by atoms with Crippen molar-refractivity contribution in [2.24, 2.45) is 5.92 Å². The zero-order valence-corrected chi connectivity index (χ0v) is 20.4. The van der Waals surface area contributed by atoms with Crippen molar-refractivity contribution >= 4 is 50.1 Å². The molecule has 0 spiro atoms. The van der Waals surface area contributed by atoms with Gasteiger partial charge in [0.15, 0.2) is 16.6 Å². The van der Waals surface area contributed by atoms with Crippen molar-refractivity contribution in [2.45, 2.75) is 38.6 Å². The largest absolute Gasteiger partial charge is 0.348 e. The molecule has 0 aliphatic carbocycles. The number of Topliss-reactive ketones (excluding diaryl/α,β-unsaturated/α-hetero) is 1. The lowest BCUT2D eigenvalue weighted by Gasteiger charge is -2.35. The van der Waals surface area contributed by atoms with E-state index in [9.17, 15) is 14.4 Å². The fourth-order valence-electron chi connectivity index (χ4n) is 4.66. The third-order valence-electron chi connectivity index (χ3n) is 6.64. The van der Waals surface area contributed by atoms with Crippen molar-refractivity contribution < 1.29 is 9.59 Å². The number of anilines is 1. The molecule has 0 N–H and O–H groups in total. The molecule has 1 aromatic carbocycles. The second-order valence-corrected chi connectivity index (χ2v) is 10.3. The van der Waals surface area contributed by atoms with Crippen LogP contribution in [-0.4, -0.2) is 57.3 Å². The summed E-state index contributed by atoms with van der Waals surface area (Å²) in [5, 5.41) is 1.29. The average molecular weight is 500 g/mol. The van der Waals surface area contributed by atoms with Gasteiger partial charge in [0.05, 0.1) is 6.54 Å². The van der Waals surface area contributed by atoms with Crippen molar-refractivity contribution in [2.75, 3.05) is 31.1 Å². The molecule has 0 atom stereocenters. The molecule has 5 rings (SSSR count). The van der Waals surface area contributed by atoms with Crippen LogP contribution < -0.4 is 10.5 Å². The number of thiazole rings is 1. The number of nitrogens with zero attached hydrogens (tertiary/aromatic N) is 5. The van der Waals surface area contributed by atoms with Crippen LogP contribution in [0.2, 0.25) is 5.02 Å². The SMILES string of the molecule is O=C(Cn1cnc2nc(N3CCC(C(=O)N4CCCCC4)CC3)sc2c1=O)c1ccc(Cl)cc1. The first kappa shape index (κ1) is 23.0. The molecule has 2 aromatic heterocycles. The van der Waals surface area contributed by atoms with E-state index >= 15 is 0 Å². The molecule has 178 valence electrons. The number of fused-ring (bicyclic) bond motifs is 1. The van der Waals surface area contributed by atoms with Crippen LogP contribution in [0.3, 0.4) is 0 Å². The Bertz CT molecular complexity index is 1260. The quantitative estimate of drug-likeness (QED) is 0.498. The van der Waals surface area contributed by atoms with E-state index in [2.05, 4.69) is 14.9 Å². The monoisotopic (exact) mass is 499 g/mol. The summed E-state index contributed by atoms with van der Waals surface area (Å²) in [6.45, 7) is 3.13. The number of piperidine rings is 2. The Labute approximate surface area is 206 Å². The highest BCUT2D eigenvalue weighted by atomic mass is 35.5. The molecule has 3 aromatic rings. The first-order valence-electron chi connectivity index (χ1n) is 11.7. The van der Waals surface area contributed by atoms with E-state index in [4.69, 9.17) is 11.6 Å². The Morgan fingerprint density at radius 3 is 2.44 bits per heavy atom. The average Bonchev–Trinajstić information content (AvgIpc) is 3.31. The Hall–Kier alpha value is -2.78. The van der Waals surface area contributed by atoms with Crippen LogP contribution in [0.25, 0.3) is 10.3 Å². The van der Waals surface area contributed by atoms with Gasteiger partial charge in [-0.2, -0.15) is 4.98 Å². The topological polar surface area (TPSA) is 88.4 Å². The molecular weight excluding hydrogens is 474 g/mol. The van der Waals surface area contributed by atoms with Gasteiger partial charge in [-0.25, -0.2) is 4.98 Å². The lowest BCUT2D eigenvalue weighted by Crippen LogP contribution is -2.44. The van der Waals surface area contributed by atoms with E-state index in [1.165, 1.54) is 28.7 Å². The maximum Gasteiger partial charge on any atom is 0.273 e. The number of carbonyl (C=O) groups excluding carboxylic acids is 2. The van der Waals surface area contributed by atoms with Crippen molar-refractivity contribution in [3.05, 3.63) is 51.5 Å². The van der Waals surface area contributed by atoms with Gasteiger partial charge in [-0.05, 0) is 56.4 Å². The zero-order valence-electron chi connectivity index (χ0n) is 18.8. The molecule has 8 nitrogen and oxygen atoms in total. The summed E-state index contributed by atoms with van der Waals surface area (Å²) in [5.41, 5.74) is 0.612. The zero-order chi connectivity index (χ0) is 23.7. The minimum Gasteiger partial charge on any atom is -0.348 e. The lowest BCUT2D eigenvalue weighted by molar-refractivity contribution is -0.137. The fraction of sp³-hybridized carbons (Fsp3) is 0.458. The van der Waals surface area contributed by atoms with E-state index in [0.29, 0.717) is 26.8 Å². The molecular formula is C24H26ClN5O3S. The van der Waals surface area contributed by atoms with Gasteiger partial charge < -0.3 is 9.80 Å². The fourth-order valence-corrected chi connectivity index (χ4v) is 5.80. The van der Waals surface area contributed by atoms with Crippen LogP contribution >= 0.6 is 22.9 Å². The Kier molecular flexibility index (Phi) is 6.65. The molecule has 34 heavy (non-hydrogen) atoms. The smallest absolute Gasteiger partial charge is 0.273 e. The number of likely N-dealkylation sites (tertiary alicyclic amines) is 1. The minimum absolute atomic E-state index is 0.0676. The standard InChI is InChI=1S/C24H26ClN5O3S/c25-18-6-4-16(5-7-18)19(31)14-30-15-26-21-20(23(30)33)34-24(27-21)29-12-8-17(9-13-29)22(32)28-10-2-1-3-11-28/h4-7,15,17H,1-3,8-14H2. The highest BCUT2D eigenvalue weighted by molar-refractivity contribution is 7.22. The van der Waals surface area contributed by atoms with E-state index in [1.54, 1.807) is 24.3 Å². The highest BCUT2D eigenvalue weighted by Crippen LogP contribution is 2.30. The molecule has 4 heterocycles. The summed E-state index contributed by atoms with van der Waals surface area (Å²) in [7, 11) is 0. The third kappa shape index (κ3) is 4.72. The third-order valence-corrected chi connectivity index (χ3v) is 7.98. The number of aromatic nitrogens is 3. The summed E-state index contributed by atoms with van der Waals surface area (Å²) in [4.78, 5) is 51.5. The van der Waals surface area contributed by atoms with Gasteiger partial charge in [0.1, 0.15) is 11.0 Å². The van der Waals surface area contributed by atoms with E-state index < -0.39 is 0 Å². The first-order chi connectivity index (χ1) is 16.5. The normalized spacial score (nSPS) is 17.3. The van der Waals surface area contributed by atoms with E-state index in [1.807, 2.05) is 4.90 Å². The summed E-state index contributed by atoms with van der Waals surface area (Å²) in [6.07, 6.45) is 6.38.